The van der Waals surface area contributed by atoms with Gasteiger partial charge in [-0.3, -0.25) is 9.36 Å². The zero-order chi connectivity index (χ0) is 17.6. The van der Waals surface area contributed by atoms with Crippen LogP contribution in [0.15, 0.2) is 61.2 Å². The van der Waals surface area contributed by atoms with Crippen molar-refractivity contribution < 1.29 is 9.90 Å². The molecule has 0 aliphatic heterocycles. The Morgan fingerprint density at radius 1 is 1.08 bits per heavy atom. The Morgan fingerprint density at radius 2 is 1.72 bits per heavy atom. The number of phenolic OH excluding ortho intramolecular Hbond substituents is 1. The molecule has 25 heavy (non-hydrogen) atoms. The Balaban J connectivity index is 1.53. The van der Waals surface area contributed by atoms with E-state index in [-0.39, 0.29) is 17.7 Å². The first-order valence-corrected chi connectivity index (χ1v) is 8.15. The lowest BCUT2D eigenvalue weighted by atomic mass is 10.1. The summed E-state index contributed by atoms with van der Waals surface area (Å²) in [7, 11) is 0. The van der Waals surface area contributed by atoms with Crippen LogP contribution in [0.1, 0.15) is 29.3 Å². The topological polar surface area (TPSA) is 80.0 Å². The van der Waals surface area contributed by atoms with E-state index in [0.29, 0.717) is 5.56 Å². The second kappa shape index (κ2) is 7.61. The molecule has 1 atom stereocenters. The number of benzene rings is 2. The first-order valence-electron chi connectivity index (χ1n) is 8.15. The lowest BCUT2D eigenvalue weighted by Gasteiger charge is -2.14. The van der Waals surface area contributed by atoms with Crippen molar-refractivity contribution in [1.29, 1.82) is 0 Å². The molecule has 0 aliphatic rings. The fourth-order valence-corrected chi connectivity index (χ4v) is 2.54. The van der Waals surface area contributed by atoms with Gasteiger partial charge in [0.15, 0.2) is 0 Å². The molecule has 0 bridgehead atoms. The first kappa shape index (κ1) is 16.7. The number of phenols is 1. The third-order valence-electron chi connectivity index (χ3n) is 4.03. The zero-order valence-electron chi connectivity index (χ0n) is 14.0. The van der Waals surface area contributed by atoms with E-state index in [4.69, 9.17) is 0 Å². The van der Waals surface area contributed by atoms with Crippen LogP contribution in [0.25, 0.3) is 5.69 Å². The molecule has 3 aromatic rings. The van der Waals surface area contributed by atoms with Crippen molar-refractivity contribution >= 4 is 5.91 Å². The number of carbonyl (C=O) groups excluding carboxylic acids is 1. The standard InChI is InChI=1S/C19H20N4O2/c1-14(2-3-15-4-10-18(24)11-5-15)22-19(25)16-6-8-17(9-7-16)23-12-20-21-13-23/h4-14,24H,2-3H2,1H3,(H,22,25)/t14-/m1/s1. The Kier molecular flexibility index (Phi) is 5.09. The minimum absolute atomic E-state index is 0.0545. The lowest BCUT2D eigenvalue weighted by molar-refractivity contribution is 0.0938. The number of aromatic hydroxyl groups is 1. The summed E-state index contributed by atoms with van der Waals surface area (Å²) in [6.07, 6.45) is 4.89. The summed E-state index contributed by atoms with van der Waals surface area (Å²) >= 11 is 0. The minimum atomic E-state index is -0.0893. The quantitative estimate of drug-likeness (QED) is 0.725. The van der Waals surface area contributed by atoms with Gasteiger partial charge in [-0.25, -0.2) is 0 Å². The molecule has 0 saturated heterocycles. The van der Waals surface area contributed by atoms with Crippen LogP contribution in [0.2, 0.25) is 0 Å². The third kappa shape index (κ3) is 4.44. The number of aromatic nitrogens is 3. The number of nitrogens with zero attached hydrogens (tertiary/aromatic N) is 3. The fourth-order valence-electron chi connectivity index (χ4n) is 2.54. The summed E-state index contributed by atoms with van der Waals surface area (Å²) in [5, 5.41) is 19.8. The van der Waals surface area contributed by atoms with Crippen molar-refractivity contribution in [3.05, 3.63) is 72.3 Å². The molecule has 128 valence electrons. The van der Waals surface area contributed by atoms with Crippen LogP contribution in [0.5, 0.6) is 5.75 Å². The summed E-state index contributed by atoms with van der Waals surface area (Å²) in [6.45, 7) is 1.99. The Labute approximate surface area is 146 Å². The number of aryl methyl sites for hydroxylation is 1. The van der Waals surface area contributed by atoms with Gasteiger partial charge in [0.1, 0.15) is 18.4 Å². The molecule has 1 amide bonds. The molecule has 0 spiro atoms. The van der Waals surface area contributed by atoms with Crippen LogP contribution in [-0.4, -0.2) is 31.8 Å². The highest BCUT2D eigenvalue weighted by Crippen LogP contribution is 2.13. The molecule has 2 N–H and O–H groups in total. The van der Waals surface area contributed by atoms with Crippen molar-refractivity contribution in [3.63, 3.8) is 0 Å². The zero-order valence-corrected chi connectivity index (χ0v) is 14.0. The Morgan fingerprint density at radius 3 is 2.36 bits per heavy atom. The van der Waals surface area contributed by atoms with Crippen molar-refractivity contribution in [3.8, 4) is 11.4 Å². The molecule has 0 saturated carbocycles. The van der Waals surface area contributed by atoms with Gasteiger partial charge in [-0.15, -0.1) is 10.2 Å². The van der Waals surface area contributed by atoms with E-state index in [1.165, 1.54) is 0 Å². The fraction of sp³-hybridized carbons (Fsp3) is 0.211. The number of hydrogen-bond acceptors (Lipinski definition) is 4. The average molecular weight is 336 g/mol. The van der Waals surface area contributed by atoms with Crippen LogP contribution < -0.4 is 5.32 Å². The minimum Gasteiger partial charge on any atom is -0.508 e. The summed E-state index contributed by atoms with van der Waals surface area (Å²) in [4.78, 5) is 12.3. The van der Waals surface area contributed by atoms with Gasteiger partial charge in [0.05, 0.1) is 0 Å². The van der Waals surface area contributed by atoms with Crippen molar-refractivity contribution in [1.82, 2.24) is 20.1 Å². The van der Waals surface area contributed by atoms with E-state index < -0.39 is 0 Å². The first-order chi connectivity index (χ1) is 12.1. The van der Waals surface area contributed by atoms with Crippen LogP contribution in [0.4, 0.5) is 0 Å². The van der Waals surface area contributed by atoms with E-state index in [2.05, 4.69) is 15.5 Å². The van der Waals surface area contributed by atoms with Crippen LogP contribution >= 0.6 is 0 Å². The lowest BCUT2D eigenvalue weighted by Crippen LogP contribution is -2.32. The van der Waals surface area contributed by atoms with Gasteiger partial charge in [0.25, 0.3) is 5.91 Å². The molecule has 3 rings (SSSR count). The maximum absolute atomic E-state index is 12.3. The molecular formula is C19H20N4O2. The normalized spacial score (nSPS) is 11.9. The van der Waals surface area contributed by atoms with Crippen molar-refractivity contribution in [2.24, 2.45) is 0 Å². The maximum atomic E-state index is 12.3. The molecule has 0 aliphatic carbocycles. The molecule has 0 fully saturated rings. The number of rotatable bonds is 6. The second-order valence-corrected chi connectivity index (χ2v) is 6.00. The van der Waals surface area contributed by atoms with Gasteiger partial charge in [0.2, 0.25) is 0 Å². The van der Waals surface area contributed by atoms with Gasteiger partial charge in [-0.1, -0.05) is 12.1 Å². The van der Waals surface area contributed by atoms with Gasteiger partial charge >= 0.3 is 0 Å². The Bertz CT molecular complexity index is 812. The predicted molar refractivity (Wildman–Crippen MR) is 94.7 cm³/mol. The molecule has 1 aromatic heterocycles. The second-order valence-electron chi connectivity index (χ2n) is 6.00. The molecular weight excluding hydrogens is 316 g/mol. The monoisotopic (exact) mass is 336 g/mol. The Hall–Kier alpha value is -3.15. The number of hydrogen-bond donors (Lipinski definition) is 2. The maximum Gasteiger partial charge on any atom is 0.251 e. The van der Waals surface area contributed by atoms with E-state index in [0.717, 1.165) is 24.1 Å². The molecule has 6 nitrogen and oxygen atoms in total. The van der Waals surface area contributed by atoms with Crippen molar-refractivity contribution in [2.75, 3.05) is 0 Å². The third-order valence-corrected chi connectivity index (χ3v) is 4.03. The van der Waals surface area contributed by atoms with Gasteiger partial charge < -0.3 is 10.4 Å². The molecule has 0 unspecified atom stereocenters. The highest BCUT2D eigenvalue weighted by molar-refractivity contribution is 5.94. The largest absolute Gasteiger partial charge is 0.508 e. The van der Waals surface area contributed by atoms with Gasteiger partial charge in [0, 0.05) is 17.3 Å². The summed E-state index contributed by atoms with van der Waals surface area (Å²) in [6, 6.07) is 14.5. The molecule has 0 radical (unpaired) electrons. The average Bonchev–Trinajstić information content (AvgIpc) is 3.16. The van der Waals surface area contributed by atoms with Crippen LogP contribution in [0, 0.1) is 0 Å². The SMILES string of the molecule is C[C@H](CCc1ccc(O)cc1)NC(=O)c1ccc(-n2cnnc2)cc1. The summed E-state index contributed by atoms with van der Waals surface area (Å²) in [5.41, 5.74) is 2.66. The predicted octanol–water partition coefficient (Wildman–Crippen LogP) is 2.72. The van der Waals surface area contributed by atoms with Crippen LogP contribution in [0.3, 0.4) is 0 Å². The van der Waals surface area contributed by atoms with E-state index in [1.54, 1.807) is 41.5 Å². The summed E-state index contributed by atoms with van der Waals surface area (Å²) in [5.74, 6) is 0.175. The molecule has 2 aromatic carbocycles. The number of carbonyl (C=O) groups is 1. The molecule has 6 heteroatoms. The highest BCUT2D eigenvalue weighted by Gasteiger charge is 2.10. The highest BCUT2D eigenvalue weighted by atomic mass is 16.3. The van der Waals surface area contributed by atoms with E-state index in [9.17, 15) is 9.90 Å². The number of amides is 1. The summed E-state index contributed by atoms with van der Waals surface area (Å²) < 4.78 is 1.78. The van der Waals surface area contributed by atoms with Crippen LogP contribution in [-0.2, 0) is 6.42 Å². The molecule has 1 heterocycles. The smallest absolute Gasteiger partial charge is 0.251 e. The van der Waals surface area contributed by atoms with E-state index in [1.807, 2.05) is 31.2 Å². The van der Waals surface area contributed by atoms with Crippen molar-refractivity contribution in [2.45, 2.75) is 25.8 Å². The number of nitrogens with one attached hydrogen (secondary N) is 1. The van der Waals surface area contributed by atoms with Gasteiger partial charge in [-0.2, -0.15) is 0 Å². The van der Waals surface area contributed by atoms with E-state index >= 15 is 0 Å². The van der Waals surface area contributed by atoms with Gasteiger partial charge in [-0.05, 0) is 61.7 Å².